The van der Waals surface area contributed by atoms with Gasteiger partial charge in [0.05, 0.1) is 12.8 Å². The summed E-state index contributed by atoms with van der Waals surface area (Å²) in [5.74, 6) is 0.299. The molecule has 3 rings (SSSR count). The Kier molecular flexibility index (Phi) is 3.57. The minimum absolute atomic E-state index is 0.148. The molecule has 0 bridgehead atoms. The number of pyridine rings is 1. The van der Waals surface area contributed by atoms with Crippen LogP contribution in [-0.4, -0.2) is 24.3 Å². The molecule has 0 unspecified atom stereocenters. The lowest BCUT2D eigenvalue weighted by atomic mass is 10.2. The second kappa shape index (κ2) is 5.69. The molecular weight excluding hydrogens is 284 g/mol. The number of ether oxygens (including phenoxy) is 1. The zero-order valence-corrected chi connectivity index (χ0v) is 11.7. The van der Waals surface area contributed by atoms with E-state index in [1.807, 2.05) is 0 Å². The molecule has 2 aromatic heterocycles. The molecule has 0 aliphatic heterocycles. The number of para-hydroxylation sites is 2. The number of benzene rings is 1. The molecule has 6 nitrogen and oxygen atoms in total. The second-order valence-electron chi connectivity index (χ2n) is 4.53. The number of aromatic nitrogens is 1. The molecule has 0 aliphatic rings. The van der Waals surface area contributed by atoms with Crippen molar-refractivity contribution in [3.05, 3.63) is 54.0 Å². The number of hydrogen-bond donors (Lipinski definition) is 1. The summed E-state index contributed by atoms with van der Waals surface area (Å²) in [4.78, 5) is 27.2. The van der Waals surface area contributed by atoms with Crippen LogP contribution >= 0.6 is 0 Å². The highest BCUT2D eigenvalue weighted by atomic mass is 16.5. The molecule has 0 radical (unpaired) electrons. The number of rotatable bonds is 4. The summed E-state index contributed by atoms with van der Waals surface area (Å²) in [6.45, 7) is 0. The summed E-state index contributed by atoms with van der Waals surface area (Å²) in [6.07, 6.45) is 3.51. The fourth-order valence-electron chi connectivity index (χ4n) is 2.14. The third kappa shape index (κ3) is 2.42. The fraction of sp³-hybridized carbons (Fsp3) is 0.0625. The number of nitrogens with zero attached hydrogens (tertiary/aromatic N) is 1. The predicted molar refractivity (Wildman–Crippen MR) is 80.3 cm³/mol. The Morgan fingerprint density at radius 1 is 1.32 bits per heavy atom. The Morgan fingerprint density at radius 3 is 2.91 bits per heavy atom. The van der Waals surface area contributed by atoms with Crippen molar-refractivity contribution in [2.45, 2.75) is 0 Å². The van der Waals surface area contributed by atoms with Crippen LogP contribution in [-0.2, 0) is 0 Å². The monoisotopic (exact) mass is 296 g/mol. The first-order valence-electron chi connectivity index (χ1n) is 6.50. The molecule has 6 heteroatoms. The maximum absolute atomic E-state index is 12.4. The van der Waals surface area contributed by atoms with Gasteiger partial charge in [-0.1, -0.05) is 12.1 Å². The topological polar surface area (TPSA) is 81.4 Å². The number of anilines is 1. The van der Waals surface area contributed by atoms with Crippen LogP contribution in [0.1, 0.15) is 20.9 Å². The van der Waals surface area contributed by atoms with Gasteiger partial charge < -0.3 is 14.5 Å². The van der Waals surface area contributed by atoms with Crippen molar-refractivity contribution < 1.29 is 18.7 Å². The van der Waals surface area contributed by atoms with E-state index in [-0.39, 0.29) is 11.3 Å². The fourth-order valence-corrected chi connectivity index (χ4v) is 2.14. The SMILES string of the molecule is COc1ccccc1NC(=O)c1cncc2cc(C=O)oc12. The summed E-state index contributed by atoms with van der Waals surface area (Å²) in [7, 11) is 1.52. The maximum atomic E-state index is 12.4. The standard InChI is InChI=1S/C16H12N2O4/c1-21-14-5-3-2-4-13(14)18-16(20)12-8-17-7-10-6-11(9-19)22-15(10)12/h2-9H,1H3,(H,18,20). The second-order valence-corrected chi connectivity index (χ2v) is 4.53. The predicted octanol–water partition coefficient (Wildman–Crippen LogP) is 2.90. The molecule has 0 fully saturated rings. The normalized spacial score (nSPS) is 10.4. The molecule has 1 amide bonds. The van der Waals surface area contributed by atoms with E-state index in [1.165, 1.54) is 25.6 Å². The minimum Gasteiger partial charge on any atom is -0.495 e. The number of fused-ring (bicyclic) bond motifs is 1. The average molecular weight is 296 g/mol. The van der Waals surface area contributed by atoms with Gasteiger partial charge >= 0.3 is 0 Å². The highest BCUT2D eigenvalue weighted by molar-refractivity contribution is 6.11. The van der Waals surface area contributed by atoms with Crippen molar-refractivity contribution in [3.63, 3.8) is 0 Å². The average Bonchev–Trinajstić information content (AvgIpc) is 2.98. The van der Waals surface area contributed by atoms with E-state index in [2.05, 4.69) is 10.3 Å². The number of hydrogen-bond acceptors (Lipinski definition) is 5. The first kappa shape index (κ1) is 13.8. The summed E-state index contributed by atoms with van der Waals surface area (Å²) in [6, 6.07) is 8.60. The van der Waals surface area contributed by atoms with Gasteiger partial charge in [0.2, 0.25) is 0 Å². The smallest absolute Gasteiger partial charge is 0.261 e. The van der Waals surface area contributed by atoms with Gasteiger partial charge in [0.15, 0.2) is 17.6 Å². The number of carbonyl (C=O) groups is 2. The number of furan rings is 1. The van der Waals surface area contributed by atoms with Crippen molar-refractivity contribution in [1.82, 2.24) is 4.98 Å². The minimum atomic E-state index is -0.394. The molecule has 2 heterocycles. The van der Waals surface area contributed by atoms with E-state index in [0.29, 0.717) is 28.7 Å². The first-order chi connectivity index (χ1) is 10.7. The number of nitrogens with one attached hydrogen (secondary N) is 1. The Morgan fingerprint density at radius 2 is 2.14 bits per heavy atom. The Labute approximate surface area is 125 Å². The number of methoxy groups -OCH3 is 1. The summed E-state index contributed by atoms with van der Waals surface area (Å²) >= 11 is 0. The first-order valence-corrected chi connectivity index (χ1v) is 6.50. The molecule has 1 aromatic carbocycles. The third-order valence-corrected chi connectivity index (χ3v) is 3.16. The summed E-state index contributed by atoms with van der Waals surface area (Å²) in [5.41, 5.74) is 1.11. The van der Waals surface area contributed by atoms with E-state index in [0.717, 1.165) is 0 Å². The Balaban J connectivity index is 1.98. The van der Waals surface area contributed by atoms with E-state index in [4.69, 9.17) is 9.15 Å². The van der Waals surface area contributed by atoms with Crippen molar-refractivity contribution in [2.75, 3.05) is 12.4 Å². The molecule has 3 aromatic rings. The van der Waals surface area contributed by atoms with Gasteiger partial charge in [0.25, 0.3) is 5.91 Å². The van der Waals surface area contributed by atoms with Gasteiger partial charge in [-0.25, -0.2) is 0 Å². The van der Waals surface area contributed by atoms with E-state index in [9.17, 15) is 9.59 Å². The van der Waals surface area contributed by atoms with Gasteiger partial charge in [-0.3, -0.25) is 14.6 Å². The van der Waals surface area contributed by atoms with Gasteiger partial charge in [0, 0.05) is 17.8 Å². The quantitative estimate of drug-likeness (QED) is 0.749. The van der Waals surface area contributed by atoms with Gasteiger partial charge in [-0.05, 0) is 18.2 Å². The highest BCUT2D eigenvalue weighted by Crippen LogP contribution is 2.26. The lowest BCUT2D eigenvalue weighted by Crippen LogP contribution is -2.13. The van der Waals surface area contributed by atoms with E-state index >= 15 is 0 Å². The largest absolute Gasteiger partial charge is 0.495 e. The third-order valence-electron chi connectivity index (χ3n) is 3.16. The van der Waals surface area contributed by atoms with E-state index < -0.39 is 5.91 Å². The van der Waals surface area contributed by atoms with Crippen LogP contribution < -0.4 is 10.1 Å². The maximum Gasteiger partial charge on any atom is 0.261 e. The van der Waals surface area contributed by atoms with Crippen LogP contribution in [0.2, 0.25) is 0 Å². The van der Waals surface area contributed by atoms with E-state index in [1.54, 1.807) is 24.3 Å². The Hall–Kier alpha value is -3.15. The number of aldehydes is 1. The molecule has 0 aliphatic carbocycles. The van der Waals surface area contributed by atoms with Gasteiger partial charge in [-0.2, -0.15) is 0 Å². The van der Waals surface area contributed by atoms with Crippen molar-refractivity contribution in [1.29, 1.82) is 0 Å². The number of carbonyl (C=O) groups excluding carboxylic acids is 2. The van der Waals surface area contributed by atoms with Crippen LogP contribution in [0, 0.1) is 0 Å². The summed E-state index contributed by atoms with van der Waals surface area (Å²) < 4.78 is 10.6. The van der Waals surface area contributed by atoms with Crippen molar-refractivity contribution in [3.8, 4) is 5.75 Å². The molecule has 0 saturated heterocycles. The lowest BCUT2D eigenvalue weighted by Gasteiger charge is -2.09. The molecule has 22 heavy (non-hydrogen) atoms. The zero-order chi connectivity index (χ0) is 15.5. The van der Waals surface area contributed by atoms with Gasteiger partial charge in [0.1, 0.15) is 11.3 Å². The zero-order valence-electron chi connectivity index (χ0n) is 11.7. The molecule has 0 saturated carbocycles. The highest BCUT2D eigenvalue weighted by Gasteiger charge is 2.16. The molecule has 0 atom stereocenters. The van der Waals surface area contributed by atoms with Crippen molar-refractivity contribution >= 4 is 28.8 Å². The molecule has 110 valence electrons. The van der Waals surface area contributed by atoms with Gasteiger partial charge in [-0.15, -0.1) is 0 Å². The Bertz CT molecular complexity index is 854. The summed E-state index contributed by atoms with van der Waals surface area (Å²) in [5, 5.41) is 3.34. The number of amides is 1. The van der Waals surface area contributed by atoms with Crippen LogP contribution in [0.3, 0.4) is 0 Å². The lowest BCUT2D eigenvalue weighted by molar-refractivity contribution is 0.102. The molecule has 0 spiro atoms. The molecule has 1 N–H and O–H groups in total. The van der Waals surface area contributed by atoms with Crippen molar-refractivity contribution in [2.24, 2.45) is 0 Å². The molecular formula is C16H12N2O4. The van der Waals surface area contributed by atoms with Crippen LogP contribution in [0.25, 0.3) is 11.0 Å². The van der Waals surface area contributed by atoms with Crippen LogP contribution in [0.5, 0.6) is 5.75 Å². The van der Waals surface area contributed by atoms with Crippen LogP contribution in [0.15, 0.2) is 47.1 Å². The van der Waals surface area contributed by atoms with Crippen LogP contribution in [0.4, 0.5) is 5.69 Å².